The number of hydrogen-bond donors (Lipinski definition) is 0. The summed E-state index contributed by atoms with van der Waals surface area (Å²) >= 11 is 0. The van der Waals surface area contributed by atoms with Gasteiger partial charge in [0.25, 0.3) is 5.91 Å². The van der Waals surface area contributed by atoms with Gasteiger partial charge in [0.1, 0.15) is 0 Å². The van der Waals surface area contributed by atoms with Crippen molar-refractivity contribution in [2.24, 2.45) is 0 Å². The molecule has 1 amide bonds. The van der Waals surface area contributed by atoms with Crippen molar-refractivity contribution in [3.63, 3.8) is 0 Å². The molecule has 3 rings (SSSR count). The van der Waals surface area contributed by atoms with Gasteiger partial charge in [-0.2, -0.15) is 0 Å². The number of nitrogens with zero attached hydrogens (tertiary/aromatic N) is 1. The Balaban J connectivity index is 2.02. The smallest absolute Gasteiger partial charge is 0.258 e. The second-order valence-electron chi connectivity index (χ2n) is 6.51. The van der Waals surface area contributed by atoms with Crippen LogP contribution in [0.5, 0.6) is 0 Å². The molecule has 0 fully saturated rings. The van der Waals surface area contributed by atoms with Gasteiger partial charge in [0, 0.05) is 17.5 Å². The van der Waals surface area contributed by atoms with E-state index in [1.165, 1.54) is 12.1 Å². The Morgan fingerprint density at radius 1 is 0.889 bits per heavy atom. The van der Waals surface area contributed by atoms with Crippen LogP contribution in [0.2, 0.25) is 0 Å². The molecule has 0 radical (unpaired) electrons. The minimum absolute atomic E-state index is 0.136. The van der Waals surface area contributed by atoms with Gasteiger partial charge < -0.3 is 4.90 Å². The van der Waals surface area contributed by atoms with Gasteiger partial charge in [-0.05, 0) is 42.8 Å². The minimum atomic E-state index is -3.38. The monoisotopic (exact) mass is 379 g/mol. The number of carbonyl (C=O) groups excluding carboxylic acids is 1. The molecule has 0 aliphatic heterocycles. The highest BCUT2D eigenvalue weighted by Gasteiger charge is 2.20. The fourth-order valence-corrected chi connectivity index (χ4v) is 3.45. The zero-order valence-corrected chi connectivity index (χ0v) is 16.1. The van der Waals surface area contributed by atoms with E-state index < -0.39 is 9.84 Å². The lowest BCUT2D eigenvalue weighted by molar-refractivity contribution is 0.0985. The number of benzene rings is 3. The molecule has 0 aliphatic rings. The highest BCUT2D eigenvalue weighted by atomic mass is 32.2. The van der Waals surface area contributed by atoms with Crippen molar-refractivity contribution in [3.05, 3.63) is 95.6 Å². The zero-order valence-electron chi connectivity index (χ0n) is 15.3. The number of hydrogen-bond acceptors (Lipinski definition) is 3. The third kappa shape index (κ3) is 4.63. The molecule has 0 aliphatic carbocycles. The molecule has 0 saturated carbocycles. The Morgan fingerprint density at radius 3 is 2.19 bits per heavy atom. The lowest BCUT2D eigenvalue weighted by Crippen LogP contribution is -2.30. The maximum atomic E-state index is 13.2. The molecule has 5 heteroatoms. The van der Waals surface area contributed by atoms with Crippen molar-refractivity contribution in [1.29, 1.82) is 0 Å². The van der Waals surface area contributed by atoms with Crippen LogP contribution in [0, 0.1) is 6.92 Å². The summed E-state index contributed by atoms with van der Waals surface area (Å²) in [7, 11) is -3.38. The predicted octanol–water partition coefficient (Wildman–Crippen LogP) is 4.25. The second-order valence-corrected chi connectivity index (χ2v) is 8.53. The SMILES string of the molecule is Cc1ccc(N(Cc2ccccc2)C(=O)c2cccc(S(C)(=O)=O)c2)cc1. The molecule has 0 bridgehead atoms. The number of amides is 1. The van der Waals surface area contributed by atoms with Gasteiger partial charge in [0.15, 0.2) is 9.84 Å². The second kappa shape index (κ2) is 7.76. The molecule has 0 heterocycles. The van der Waals surface area contributed by atoms with Crippen LogP contribution in [-0.2, 0) is 16.4 Å². The van der Waals surface area contributed by atoms with E-state index in [4.69, 9.17) is 0 Å². The summed E-state index contributed by atoms with van der Waals surface area (Å²) in [6, 6.07) is 23.6. The Labute approximate surface area is 160 Å². The molecular weight excluding hydrogens is 358 g/mol. The van der Waals surface area contributed by atoms with E-state index in [0.29, 0.717) is 12.1 Å². The fraction of sp³-hybridized carbons (Fsp3) is 0.136. The quantitative estimate of drug-likeness (QED) is 0.666. The first-order chi connectivity index (χ1) is 12.8. The topological polar surface area (TPSA) is 54.5 Å². The zero-order chi connectivity index (χ0) is 19.4. The van der Waals surface area contributed by atoms with E-state index in [1.807, 2.05) is 61.5 Å². The molecule has 4 nitrogen and oxygen atoms in total. The molecule has 0 atom stereocenters. The van der Waals surface area contributed by atoms with E-state index in [0.717, 1.165) is 23.1 Å². The van der Waals surface area contributed by atoms with Crippen LogP contribution >= 0.6 is 0 Å². The summed E-state index contributed by atoms with van der Waals surface area (Å²) in [6.45, 7) is 2.38. The van der Waals surface area contributed by atoms with Crippen LogP contribution in [0.15, 0.2) is 83.8 Å². The van der Waals surface area contributed by atoms with Crippen molar-refractivity contribution in [3.8, 4) is 0 Å². The third-order valence-electron chi connectivity index (χ3n) is 4.28. The van der Waals surface area contributed by atoms with Crippen molar-refractivity contribution < 1.29 is 13.2 Å². The summed E-state index contributed by atoms with van der Waals surface area (Å²) in [5.74, 6) is -0.242. The van der Waals surface area contributed by atoms with Crippen LogP contribution in [0.4, 0.5) is 5.69 Å². The molecule has 3 aromatic rings. The van der Waals surface area contributed by atoms with Crippen LogP contribution < -0.4 is 4.90 Å². The van der Waals surface area contributed by atoms with E-state index in [9.17, 15) is 13.2 Å². The van der Waals surface area contributed by atoms with Crippen molar-refractivity contribution in [2.45, 2.75) is 18.4 Å². The van der Waals surface area contributed by atoms with Gasteiger partial charge in [-0.1, -0.05) is 54.1 Å². The Bertz CT molecular complexity index is 1040. The van der Waals surface area contributed by atoms with Crippen molar-refractivity contribution in [2.75, 3.05) is 11.2 Å². The highest BCUT2D eigenvalue weighted by Crippen LogP contribution is 2.22. The predicted molar refractivity (Wildman–Crippen MR) is 108 cm³/mol. The Hall–Kier alpha value is -2.92. The van der Waals surface area contributed by atoms with Gasteiger partial charge >= 0.3 is 0 Å². The number of anilines is 1. The summed E-state index contributed by atoms with van der Waals surface area (Å²) in [4.78, 5) is 15.0. The van der Waals surface area contributed by atoms with E-state index in [1.54, 1.807) is 17.0 Å². The van der Waals surface area contributed by atoms with Crippen molar-refractivity contribution in [1.82, 2.24) is 0 Å². The highest BCUT2D eigenvalue weighted by molar-refractivity contribution is 7.90. The molecule has 138 valence electrons. The molecule has 0 spiro atoms. The molecule has 0 N–H and O–H groups in total. The normalized spacial score (nSPS) is 11.2. The third-order valence-corrected chi connectivity index (χ3v) is 5.39. The van der Waals surface area contributed by atoms with E-state index >= 15 is 0 Å². The van der Waals surface area contributed by atoms with Crippen LogP contribution in [0.1, 0.15) is 21.5 Å². The van der Waals surface area contributed by atoms with Gasteiger partial charge in [-0.15, -0.1) is 0 Å². The fourth-order valence-electron chi connectivity index (χ4n) is 2.79. The maximum absolute atomic E-state index is 13.2. The summed E-state index contributed by atoms with van der Waals surface area (Å²) in [6.07, 6.45) is 1.14. The molecule has 0 aromatic heterocycles. The number of rotatable bonds is 5. The molecule has 0 saturated heterocycles. The van der Waals surface area contributed by atoms with Crippen LogP contribution in [0.3, 0.4) is 0 Å². The average molecular weight is 379 g/mol. The van der Waals surface area contributed by atoms with Gasteiger partial charge in [-0.3, -0.25) is 4.79 Å². The first-order valence-electron chi connectivity index (χ1n) is 8.57. The Morgan fingerprint density at radius 2 is 1.56 bits per heavy atom. The first kappa shape index (κ1) is 18.9. The van der Waals surface area contributed by atoms with Gasteiger partial charge in [0.2, 0.25) is 0 Å². The average Bonchev–Trinajstić information content (AvgIpc) is 2.67. The number of aryl methyl sites for hydroxylation is 1. The largest absolute Gasteiger partial charge is 0.304 e. The van der Waals surface area contributed by atoms with E-state index in [-0.39, 0.29) is 10.8 Å². The van der Waals surface area contributed by atoms with Gasteiger partial charge in [-0.25, -0.2) is 8.42 Å². The lowest BCUT2D eigenvalue weighted by atomic mass is 10.1. The maximum Gasteiger partial charge on any atom is 0.258 e. The molecule has 27 heavy (non-hydrogen) atoms. The van der Waals surface area contributed by atoms with Gasteiger partial charge in [0.05, 0.1) is 11.4 Å². The molecule has 3 aromatic carbocycles. The standard InChI is InChI=1S/C22H21NO3S/c1-17-11-13-20(14-12-17)23(16-18-7-4-3-5-8-18)22(24)19-9-6-10-21(15-19)27(2,25)26/h3-15H,16H2,1-2H3. The van der Waals surface area contributed by atoms with E-state index in [2.05, 4.69) is 0 Å². The minimum Gasteiger partial charge on any atom is -0.304 e. The number of sulfone groups is 1. The number of carbonyl (C=O) groups is 1. The van der Waals surface area contributed by atoms with Crippen LogP contribution in [-0.4, -0.2) is 20.6 Å². The Kier molecular flexibility index (Phi) is 5.42. The molecule has 0 unspecified atom stereocenters. The van der Waals surface area contributed by atoms with Crippen LogP contribution in [0.25, 0.3) is 0 Å². The summed E-state index contributed by atoms with van der Waals surface area (Å²) < 4.78 is 23.7. The lowest BCUT2D eigenvalue weighted by Gasteiger charge is -2.23. The summed E-state index contributed by atoms with van der Waals surface area (Å²) in [5, 5.41) is 0. The van der Waals surface area contributed by atoms with Crippen molar-refractivity contribution >= 4 is 21.4 Å². The summed E-state index contributed by atoms with van der Waals surface area (Å²) in [5.41, 5.74) is 3.20. The molecular formula is C22H21NO3S. The first-order valence-corrected chi connectivity index (χ1v) is 10.5.